The summed E-state index contributed by atoms with van der Waals surface area (Å²) < 4.78 is 31.2. The average molecular weight is 266 g/mol. The predicted octanol–water partition coefficient (Wildman–Crippen LogP) is 2.22. The largest absolute Gasteiger partial charge is 0.381 e. The Hall–Kier alpha value is -2.00. The molecule has 1 saturated heterocycles. The van der Waals surface area contributed by atoms with Crippen molar-refractivity contribution < 1.29 is 18.3 Å². The average Bonchev–Trinajstić information content (AvgIpc) is 2.38. The lowest BCUT2D eigenvalue weighted by Gasteiger charge is -2.29. The molecule has 0 spiro atoms. The molecule has 0 aromatic heterocycles. The standard InChI is InChI=1S/C13H12F2N2O2/c14-9-5-10(15)7-11(6-9)17-12(18)13(8-16)1-3-19-4-2-13/h5-7H,1-4H2,(H,17,18). The van der Waals surface area contributed by atoms with Gasteiger partial charge in [-0.05, 0) is 25.0 Å². The van der Waals surface area contributed by atoms with Gasteiger partial charge in [0, 0.05) is 25.0 Å². The molecule has 100 valence electrons. The zero-order valence-corrected chi connectivity index (χ0v) is 10.1. The molecule has 1 aliphatic rings. The van der Waals surface area contributed by atoms with Crippen LogP contribution in [-0.2, 0) is 9.53 Å². The number of nitrogens with one attached hydrogen (secondary N) is 1. The summed E-state index contributed by atoms with van der Waals surface area (Å²) in [4.78, 5) is 12.1. The Morgan fingerprint density at radius 2 is 1.84 bits per heavy atom. The molecule has 1 aromatic rings. The van der Waals surface area contributed by atoms with Gasteiger partial charge in [0.05, 0.1) is 6.07 Å². The highest BCUT2D eigenvalue weighted by molar-refractivity contribution is 5.97. The van der Waals surface area contributed by atoms with Crippen LogP contribution in [0.3, 0.4) is 0 Å². The Bertz CT molecular complexity index is 514. The zero-order valence-electron chi connectivity index (χ0n) is 10.1. The predicted molar refractivity (Wildman–Crippen MR) is 63.1 cm³/mol. The van der Waals surface area contributed by atoms with Crippen molar-refractivity contribution in [3.63, 3.8) is 0 Å². The Balaban J connectivity index is 2.18. The lowest BCUT2D eigenvalue weighted by Crippen LogP contribution is -2.39. The van der Waals surface area contributed by atoms with Crippen LogP contribution >= 0.6 is 0 Å². The Morgan fingerprint density at radius 1 is 1.26 bits per heavy atom. The lowest BCUT2D eigenvalue weighted by molar-refractivity contribution is -0.126. The van der Waals surface area contributed by atoms with Crippen LogP contribution in [-0.4, -0.2) is 19.1 Å². The summed E-state index contributed by atoms with van der Waals surface area (Å²) in [6.45, 7) is 0.636. The van der Waals surface area contributed by atoms with Crippen molar-refractivity contribution in [2.75, 3.05) is 18.5 Å². The van der Waals surface area contributed by atoms with Gasteiger partial charge < -0.3 is 10.1 Å². The van der Waals surface area contributed by atoms with Crippen LogP contribution in [0.25, 0.3) is 0 Å². The maximum atomic E-state index is 13.0. The van der Waals surface area contributed by atoms with Crippen molar-refractivity contribution in [3.05, 3.63) is 29.8 Å². The summed E-state index contributed by atoms with van der Waals surface area (Å²) in [6, 6.07) is 4.71. The molecule has 0 radical (unpaired) electrons. The normalized spacial score (nSPS) is 17.5. The van der Waals surface area contributed by atoms with Crippen LogP contribution in [0.15, 0.2) is 18.2 Å². The first kappa shape index (κ1) is 13.4. The van der Waals surface area contributed by atoms with E-state index < -0.39 is 23.0 Å². The van der Waals surface area contributed by atoms with E-state index in [2.05, 4.69) is 5.32 Å². The molecule has 6 heteroatoms. The van der Waals surface area contributed by atoms with Crippen LogP contribution in [0.5, 0.6) is 0 Å². The number of ether oxygens (including phenoxy) is 1. The van der Waals surface area contributed by atoms with E-state index in [1.807, 2.05) is 6.07 Å². The van der Waals surface area contributed by atoms with Crippen molar-refractivity contribution in [3.8, 4) is 6.07 Å². The lowest BCUT2D eigenvalue weighted by atomic mass is 9.81. The molecule has 0 atom stereocenters. The number of nitrogens with zero attached hydrogens (tertiary/aromatic N) is 1. The third-order valence-electron chi connectivity index (χ3n) is 3.12. The second-order valence-corrected chi connectivity index (χ2v) is 4.42. The maximum Gasteiger partial charge on any atom is 0.245 e. The van der Waals surface area contributed by atoms with E-state index in [-0.39, 0.29) is 18.5 Å². The highest BCUT2D eigenvalue weighted by Crippen LogP contribution is 2.31. The second-order valence-electron chi connectivity index (χ2n) is 4.42. The second kappa shape index (κ2) is 5.33. The maximum absolute atomic E-state index is 13.0. The van der Waals surface area contributed by atoms with E-state index in [1.165, 1.54) is 0 Å². The Kier molecular flexibility index (Phi) is 3.76. The summed E-state index contributed by atoms with van der Waals surface area (Å²) in [7, 11) is 0. The molecule has 0 unspecified atom stereocenters. The van der Waals surface area contributed by atoms with Crippen molar-refractivity contribution in [1.82, 2.24) is 0 Å². The number of rotatable bonds is 2. The molecule has 1 fully saturated rings. The fourth-order valence-corrected chi connectivity index (χ4v) is 1.99. The molecule has 0 saturated carbocycles. The highest BCUT2D eigenvalue weighted by Gasteiger charge is 2.40. The number of carbonyl (C=O) groups excluding carboxylic acids is 1. The summed E-state index contributed by atoms with van der Waals surface area (Å²) >= 11 is 0. The number of benzene rings is 1. The van der Waals surface area contributed by atoms with Gasteiger partial charge in [-0.3, -0.25) is 4.79 Å². The van der Waals surface area contributed by atoms with Crippen molar-refractivity contribution in [1.29, 1.82) is 5.26 Å². The van der Waals surface area contributed by atoms with E-state index >= 15 is 0 Å². The molecule has 2 rings (SSSR count). The van der Waals surface area contributed by atoms with E-state index in [4.69, 9.17) is 4.74 Å². The summed E-state index contributed by atoms with van der Waals surface area (Å²) in [5.41, 5.74) is -1.19. The van der Waals surface area contributed by atoms with Gasteiger partial charge in [-0.25, -0.2) is 8.78 Å². The molecule has 0 bridgehead atoms. The molecule has 1 aliphatic heterocycles. The van der Waals surface area contributed by atoms with Crippen molar-refractivity contribution in [2.24, 2.45) is 5.41 Å². The molecule has 1 amide bonds. The van der Waals surface area contributed by atoms with Gasteiger partial charge in [0.25, 0.3) is 0 Å². The van der Waals surface area contributed by atoms with E-state index in [0.717, 1.165) is 12.1 Å². The number of anilines is 1. The number of carbonyl (C=O) groups is 1. The van der Waals surface area contributed by atoms with Gasteiger partial charge in [0.1, 0.15) is 17.0 Å². The third-order valence-corrected chi connectivity index (χ3v) is 3.12. The number of halogens is 2. The van der Waals surface area contributed by atoms with Gasteiger partial charge >= 0.3 is 0 Å². The molecule has 1 N–H and O–H groups in total. The van der Waals surface area contributed by atoms with E-state index in [0.29, 0.717) is 19.3 Å². The smallest absolute Gasteiger partial charge is 0.245 e. The molecule has 0 aliphatic carbocycles. The highest BCUT2D eigenvalue weighted by atomic mass is 19.1. The van der Waals surface area contributed by atoms with E-state index in [1.54, 1.807) is 0 Å². The first-order chi connectivity index (χ1) is 9.05. The van der Waals surface area contributed by atoms with Gasteiger partial charge in [-0.1, -0.05) is 0 Å². The third kappa shape index (κ3) is 2.88. The summed E-state index contributed by atoms with van der Waals surface area (Å²) in [5, 5.41) is 11.6. The number of hydrogen-bond donors (Lipinski definition) is 1. The summed E-state index contributed by atoms with van der Waals surface area (Å²) in [6.07, 6.45) is 0.542. The Labute approximate surface area is 109 Å². The molecule has 4 nitrogen and oxygen atoms in total. The van der Waals surface area contributed by atoms with Gasteiger partial charge in [0.15, 0.2) is 0 Å². The van der Waals surface area contributed by atoms with Gasteiger partial charge in [-0.2, -0.15) is 5.26 Å². The van der Waals surface area contributed by atoms with Crippen molar-refractivity contribution >= 4 is 11.6 Å². The fraction of sp³-hybridized carbons (Fsp3) is 0.385. The minimum absolute atomic E-state index is 0.00335. The van der Waals surface area contributed by atoms with Crippen LogP contribution < -0.4 is 5.32 Å². The quantitative estimate of drug-likeness (QED) is 0.892. The van der Waals surface area contributed by atoms with E-state index in [9.17, 15) is 18.8 Å². The number of hydrogen-bond acceptors (Lipinski definition) is 3. The molecule has 1 aromatic carbocycles. The molecular formula is C13H12F2N2O2. The van der Waals surface area contributed by atoms with Crippen molar-refractivity contribution in [2.45, 2.75) is 12.8 Å². The Morgan fingerprint density at radius 3 is 2.37 bits per heavy atom. The zero-order chi connectivity index (χ0) is 13.9. The minimum Gasteiger partial charge on any atom is -0.381 e. The molecule has 1 heterocycles. The first-order valence-electron chi connectivity index (χ1n) is 5.82. The molecule has 19 heavy (non-hydrogen) atoms. The summed E-state index contributed by atoms with van der Waals surface area (Å²) in [5.74, 6) is -2.12. The number of amides is 1. The minimum atomic E-state index is -1.19. The van der Waals surface area contributed by atoms with Gasteiger partial charge in [-0.15, -0.1) is 0 Å². The fourth-order valence-electron chi connectivity index (χ4n) is 1.99. The van der Waals surface area contributed by atoms with Crippen LogP contribution in [0.2, 0.25) is 0 Å². The number of nitriles is 1. The SMILES string of the molecule is N#CC1(C(=O)Nc2cc(F)cc(F)c2)CCOCC1. The van der Waals surface area contributed by atoms with Crippen LogP contribution in [0.4, 0.5) is 14.5 Å². The topological polar surface area (TPSA) is 62.1 Å². The van der Waals surface area contributed by atoms with Gasteiger partial charge in [0.2, 0.25) is 5.91 Å². The van der Waals surface area contributed by atoms with Crippen LogP contribution in [0, 0.1) is 28.4 Å². The first-order valence-corrected chi connectivity index (χ1v) is 5.82. The molecular weight excluding hydrogens is 254 g/mol. The monoisotopic (exact) mass is 266 g/mol. The van der Waals surface area contributed by atoms with Crippen LogP contribution in [0.1, 0.15) is 12.8 Å².